The number of H-pyrrole nitrogens is 1. The van der Waals surface area contributed by atoms with Gasteiger partial charge in [-0.2, -0.15) is 5.10 Å². The van der Waals surface area contributed by atoms with Crippen molar-refractivity contribution in [2.75, 3.05) is 0 Å². The highest BCUT2D eigenvalue weighted by atomic mass is 32.1. The first-order chi connectivity index (χ1) is 9.43. The van der Waals surface area contributed by atoms with Crippen LogP contribution < -0.4 is 0 Å². The molecule has 0 radical (unpaired) electrons. The average Bonchev–Trinajstić information content (AvgIpc) is 2.69. The van der Waals surface area contributed by atoms with Crippen LogP contribution in [0.4, 0.5) is 0 Å². The summed E-state index contributed by atoms with van der Waals surface area (Å²) in [6, 6.07) is 0. The number of hydrogen-bond donors (Lipinski definition) is 1. The summed E-state index contributed by atoms with van der Waals surface area (Å²) in [6.07, 6.45) is 7.23. The summed E-state index contributed by atoms with van der Waals surface area (Å²) in [5, 5.41) is 7.74. The van der Waals surface area contributed by atoms with E-state index in [4.69, 9.17) is 12.2 Å². The van der Waals surface area contributed by atoms with Crippen LogP contribution >= 0.6 is 12.2 Å². The van der Waals surface area contributed by atoms with E-state index < -0.39 is 0 Å². The molecule has 4 fully saturated rings. The molecule has 0 saturated heterocycles. The Balaban J connectivity index is 1.77. The fourth-order valence-electron chi connectivity index (χ4n) is 5.53. The minimum atomic E-state index is 0.0219. The molecule has 20 heavy (non-hydrogen) atoms. The second kappa shape index (κ2) is 4.19. The zero-order valence-corrected chi connectivity index (χ0v) is 13.5. The molecule has 110 valence electrons. The van der Waals surface area contributed by atoms with Gasteiger partial charge in [0.05, 0.1) is 0 Å². The molecule has 0 amide bonds. The van der Waals surface area contributed by atoms with Gasteiger partial charge in [0.2, 0.25) is 0 Å². The molecular weight excluding hydrogens is 266 g/mol. The second-order valence-electron chi connectivity index (χ2n) is 8.35. The molecule has 0 atom stereocenters. The maximum atomic E-state index is 5.50. The van der Waals surface area contributed by atoms with Gasteiger partial charge in [-0.05, 0) is 88.8 Å². The lowest BCUT2D eigenvalue weighted by molar-refractivity contribution is -0.00794. The highest BCUT2D eigenvalue weighted by molar-refractivity contribution is 7.71. The van der Waals surface area contributed by atoms with Crippen molar-refractivity contribution in [2.45, 2.75) is 64.3 Å². The van der Waals surface area contributed by atoms with Crippen molar-refractivity contribution in [1.82, 2.24) is 14.8 Å². The standard InChI is InChI=1S/C16H25N3S/c1-16(2,3)19-14(17-18-15(19)20)13-11-5-9-4-10(7-11)8-12(13)6-9/h9-13H,4-8H2,1-3H3,(H,18,20). The van der Waals surface area contributed by atoms with Crippen LogP contribution in [0.25, 0.3) is 0 Å². The normalized spacial score (nSPS) is 39.5. The zero-order chi connectivity index (χ0) is 14.1. The quantitative estimate of drug-likeness (QED) is 0.785. The zero-order valence-electron chi connectivity index (χ0n) is 12.7. The molecule has 4 bridgehead atoms. The lowest BCUT2D eigenvalue weighted by atomic mass is 9.51. The number of nitrogens with zero attached hydrogens (tertiary/aromatic N) is 2. The molecule has 1 heterocycles. The minimum Gasteiger partial charge on any atom is -0.299 e. The summed E-state index contributed by atoms with van der Waals surface area (Å²) in [5.74, 6) is 5.64. The summed E-state index contributed by atoms with van der Waals surface area (Å²) in [5.41, 5.74) is 0.0219. The first-order valence-corrected chi connectivity index (χ1v) is 8.52. The third kappa shape index (κ3) is 1.83. The summed E-state index contributed by atoms with van der Waals surface area (Å²) in [4.78, 5) is 0. The van der Waals surface area contributed by atoms with E-state index in [0.717, 1.165) is 28.4 Å². The molecule has 1 aromatic rings. The highest BCUT2D eigenvalue weighted by Crippen LogP contribution is 2.59. The van der Waals surface area contributed by atoms with Gasteiger partial charge in [0.15, 0.2) is 4.77 Å². The van der Waals surface area contributed by atoms with Gasteiger partial charge >= 0.3 is 0 Å². The topological polar surface area (TPSA) is 33.6 Å². The van der Waals surface area contributed by atoms with Crippen LogP contribution in [-0.2, 0) is 5.54 Å². The largest absolute Gasteiger partial charge is 0.299 e. The summed E-state index contributed by atoms with van der Waals surface area (Å²) in [6.45, 7) is 6.70. The molecule has 4 aliphatic carbocycles. The van der Waals surface area contributed by atoms with Crippen LogP contribution in [0.2, 0.25) is 0 Å². The molecule has 0 aromatic carbocycles. The maximum absolute atomic E-state index is 5.50. The number of aromatic amines is 1. The van der Waals surface area contributed by atoms with Crippen LogP contribution in [0.1, 0.15) is 64.6 Å². The fourth-order valence-corrected chi connectivity index (χ4v) is 5.94. The van der Waals surface area contributed by atoms with E-state index in [1.54, 1.807) is 0 Å². The number of hydrogen-bond acceptors (Lipinski definition) is 2. The van der Waals surface area contributed by atoms with Gasteiger partial charge in [-0.25, -0.2) is 0 Å². The second-order valence-corrected chi connectivity index (χ2v) is 8.74. The van der Waals surface area contributed by atoms with Gasteiger partial charge in [0.25, 0.3) is 0 Å². The van der Waals surface area contributed by atoms with E-state index in [-0.39, 0.29) is 5.54 Å². The first kappa shape index (κ1) is 13.1. The monoisotopic (exact) mass is 291 g/mol. The van der Waals surface area contributed by atoms with E-state index in [2.05, 4.69) is 35.5 Å². The lowest BCUT2D eigenvalue weighted by Gasteiger charge is -2.54. The minimum absolute atomic E-state index is 0.0219. The molecule has 4 saturated carbocycles. The van der Waals surface area contributed by atoms with Crippen LogP contribution in [0.5, 0.6) is 0 Å². The molecule has 1 aromatic heterocycles. The van der Waals surface area contributed by atoms with Gasteiger partial charge in [-0.3, -0.25) is 9.67 Å². The van der Waals surface area contributed by atoms with Gasteiger partial charge < -0.3 is 0 Å². The maximum Gasteiger partial charge on any atom is 0.195 e. The van der Waals surface area contributed by atoms with E-state index in [1.165, 1.54) is 37.9 Å². The first-order valence-electron chi connectivity index (χ1n) is 8.11. The van der Waals surface area contributed by atoms with Crippen LogP contribution in [0, 0.1) is 28.4 Å². The van der Waals surface area contributed by atoms with Gasteiger partial charge in [-0.15, -0.1) is 0 Å². The van der Waals surface area contributed by atoms with Crippen molar-refractivity contribution >= 4 is 12.2 Å². The molecule has 0 aliphatic heterocycles. The van der Waals surface area contributed by atoms with Crippen LogP contribution in [0.15, 0.2) is 0 Å². The Hall–Kier alpha value is -0.640. The molecule has 0 unspecified atom stereocenters. The van der Waals surface area contributed by atoms with Gasteiger partial charge in [-0.1, -0.05) is 0 Å². The molecular formula is C16H25N3S. The number of aromatic nitrogens is 3. The van der Waals surface area contributed by atoms with E-state index in [9.17, 15) is 0 Å². The van der Waals surface area contributed by atoms with Crippen molar-refractivity contribution in [2.24, 2.45) is 23.7 Å². The molecule has 0 spiro atoms. The fraction of sp³-hybridized carbons (Fsp3) is 0.875. The van der Waals surface area contributed by atoms with Crippen molar-refractivity contribution in [3.63, 3.8) is 0 Å². The van der Waals surface area contributed by atoms with Crippen LogP contribution in [0.3, 0.4) is 0 Å². The average molecular weight is 291 g/mol. The summed E-state index contributed by atoms with van der Waals surface area (Å²) >= 11 is 5.50. The van der Waals surface area contributed by atoms with E-state index in [1.807, 2.05) is 0 Å². The summed E-state index contributed by atoms with van der Waals surface area (Å²) < 4.78 is 3.08. The Labute approximate surface area is 126 Å². The smallest absolute Gasteiger partial charge is 0.195 e. The Morgan fingerprint density at radius 3 is 2.10 bits per heavy atom. The van der Waals surface area contributed by atoms with E-state index in [0.29, 0.717) is 5.92 Å². The van der Waals surface area contributed by atoms with Gasteiger partial charge in [0.1, 0.15) is 5.82 Å². The van der Waals surface area contributed by atoms with Crippen LogP contribution in [-0.4, -0.2) is 14.8 Å². The van der Waals surface area contributed by atoms with Crippen molar-refractivity contribution in [1.29, 1.82) is 0 Å². The predicted octanol–water partition coefficient (Wildman–Crippen LogP) is 4.24. The molecule has 1 N–H and O–H groups in total. The van der Waals surface area contributed by atoms with Crippen molar-refractivity contribution in [3.05, 3.63) is 10.6 Å². The van der Waals surface area contributed by atoms with E-state index >= 15 is 0 Å². The Kier molecular flexibility index (Phi) is 2.73. The highest BCUT2D eigenvalue weighted by Gasteiger charge is 2.50. The third-order valence-electron chi connectivity index (χ3n) is 5.89. The number of rotatable bonds is 1. The van der Waals surface area contributed by atoms with Crippen molar-refractivity contribution < 1.29 is 0 Å². The third-order valence-corrected chi connectivity index (χ3v) is 6.17. The Bertz CT molecular complexity index is 549. The molecule has 3 nitrogen and oxygen atoms in total. The molecule has 5 rings (SSSR count). The SMILES string of the molecule is CC(C)(C)n1c(C2C3CC4CC(C3)CC2C4)n[nH]c1=S. The van der Waals surface area contributed by atoms with Gasteiger partial charge in [0, 0.05) is 11.5 Å². The number of nitrogens with one attached hydrogen (secondary N) is 1. The molecule has 4 aliphatic rings. The van der Waals surface area contributed by atoms with Crippen molar-refractivity contribution in [3.8, 4) is 0 Å². The summed E-state index contributed by atoms with van der Waals surface area (Å²) in [7, 11) is 0. The molecule has 4 heteroatoms. The lowest BCUT2D eigenvalue weighted by Crippen LogP contribution is -2.45. The Morgan fingerprint density at radius 1 is 1.05 bits per heavy atom. The Morgan fingerprint density at radius 2 is 1.60 bits per heavy atom. The predicted molar refractivity (Wildman–Crippen MR) is 82.2 cm³/mol.